The molecule has 0 bridgehead atoms. The van der Waals surface area contributed by atoms with Crippen molar-refractivity contribution in [1.82, 2.24) is 15.5 Å². The molecule has 3 N–H and O–H groups in total. The van der Waals surface area contributed by atoms with E-state index in [0.29, 0.717) is 24.7 Å². The number of aliphatic imine (C=N–C) groups is 1. The Morgan fingerprint density at radius 3 is 2.44 bits per heavy atom. The maximum absolute atomic E-state index is 12.9. The summed E-state index contributed by atoms with van der Waals surface area (Å²) >= 11 is 0. The highest BCUT2D eigenvalue weighted by atomic mass is 19.1. The zero-order chi connectivity index (χ0) is 20.0. The largest absolute Gasteiger partial charge is 0.444 e. The molecule has 0 spiro atoms. The minimum atomic E-state index is -0.523. The van der Waals surface area contributed by atoms with E-state index in [9.17, 15) is 14.0 Å². The average Bonchev–Trinajstić information content (AvgIpc) is 2.53. The van der Waals surface area contributed by atoms with Crippen LogP contribution in [0, 0.1) is 5.82 Å². The molecule has 1 saturated heterocycles. The fourth-order valence-electron chi connectivity index (χ4n) is 2.34. The van der Waals surface area contributed by atoms with Crippen LogP contribution in [0.4, 0.5) is 14.9 Å². The molecular weight excluding hydrogens is 353 g/mol. The SMILES string of the molecule is CN=C(NCC(=O)Nc1ccc(F)cc1)NC1CN(C(=O)OC(C)(C)C)C1. The highest BCUT2D eigenvalue weighted by Crippen LogP contribution is 2.15. The van der Waals surface area contributed by atoms with Crippen LogP contribution < -0.4 is 16.0 Å². The normalized spacial score (nSPS) is 15.0. The first-order valence-corrected chi connectivity index (χ1v) is 8.67. The fraction of sp³-hybridized carbons (Fsp3) is 0.500. The van der Waals surface area contributed by atoms with Crippen molar-refractivity contribution in [3.63, 3.8) is 0 Å². The standard InChI is InChI=1S/C18H26FN5O3/c1-18(2,3)27-17(26)24-10-14(11-24)23-16(20-4)21-9-15(25)22-13-7-5-12(19)6-8-13/h5-8,14H,9-11H2,1-4H3,(H,22,25)(H2,20,21,23). The number of nitrogens with zero attached hydrogens (tertiary/aromatic N) is 2. The summed E-state index contributed by atoms with van der Waals surface area (Å²) in [5.74, 6) is -0.191. The minimum Gasteiger partial charge on any atom is -0.444 e. The Labute approximate surface area is 158 Å². The summed E-state index contributed by atoms with van der Waals surface area (Å²) in [7, 11) is 1.59. The Hall–Kier alpha value is -2.84. The van der Waals surface area contributed by atoms with Gasteiger partial charge < -0.3 is 25.6 Å². The molecule has 9 heteroatoms. The number of carbonyl (C=O) groups is 2. The first-order chi connectivity index (χ1) is 12.7. The Balaban J connectivity index is 1.70. The predicted octanol–water partition coefficient (Wildman–Crippen LogP) is 1.55. The van der Waals surface area contributed by atoms with Crippen molar-refractivity contribution in [3.8, 4) is 0 Å². The number of amides is 2. The third-order valence-corrected chi connectivity index (χ3v) is 3.64. The zero-order valence-electron chi connectivity index (χ0n) is 16.0. The second kappa shape index (κ2) is 8.70. The van der Waals surface area contributed by atoms with E-state index >= 15 is 0 Å². The van der Waals surface area contributed by atoms with E-state index < -0.39 is 5.60 Å². The third kappa shape index (κ3) is 6.76. The van der Waals surface area contributed by atoms with Crippen molar-refractivity contribution in [2.45, 2.75) is 32.4 Å². The molecule has 2 amide bonds. The van der Waals surface area contributed by atoms with Gasteiger partial charge in [-0.05, 0) is 45.0 Å². The minimum absolute atomic E-state index is 0.000447. The van der Waals surface area contributed by atoms with Gasteiger partial charge in [0.1, 0.15) is 11.4 Å². The van der Waals surface area contributed by atoms with E-state index in [0.717, 1.165) is 0 Å². The van der Waals surface area contributed by atoms with Crippen molar-refractivity contribution >= 4 is 23.6 Å². The smallest absolute Gasteiger partial charge is 0.410 e. The lowest BCUT2D eigenvalue weighted by Crippen LogP contribution is -2.63. The van der Waals surface area contributed by atoms with Gasteiger partial charge in [0.05, 0.1) is 12.6 Å². The van der Waals surface area contributed by atoms with Crippen molar-refractivity contribution < 1.29 is 18.7 Å². The number of ether oxygens (including phenoxy) is 1. The van der Waals surface area contributed by atoms with Gasteiger partial charge in [0.15, 0.2) is 5.96 Å². The van der Waals surface area contributed by atoms with Crippen molar-refractivity contribution in [1.29, 1.82) is 0 Å². The molecule has 8 nitrogen and oxygen atoms in total. The maximum atomic E-state index is 12.9. The van der Waals surface area contributed by atoms with Crippen LogP contribution in [0.2, 0.25) is 0 Å². The number of guanidine groups is 1. The maximum Gasteiger partial charge on any atom is 0.410 e. The number of hydrogen-bond donors (Lipinski definition) is 3. The van der Waals surface area contributed by atoms with Gasteiger partial charge in [0, 0.05) is 25.8 Å². The quantitative estimate of drug-likeness (QED) is 0.545. The van der Waals surface area contributed by atoms with E-state index in [2.05, 4.69) is 20.9 Å². The summed E-state index contributed by atoms with van der Waals surface area (Å²) < 4.78 is 18.2. The molecular formula is C18H26FN5O3. The Morgan fingerprint density at radius 2 is 1.89 bits per heavy atom. The number of carbonyl (C=O) groups excluding carboxylic acids is 2. The molecule has 1 fully saturated rings. The molecule has 0 radical (unpaired) electrons. The predicted molar refractivity (Wildman–Crippen MR) is 101 cm³/mol. The summed E-state index contributed by atoms with van der Waals surface area (Å²) in [4.78, 5) is 29.5. The molecule has 0 atom stereocenters. The van der Waals surface area contributed by atoms with Gasteiger partial charge in [-0.1, -0.05) is 0 Å². The van der Waals surface area contributed by atoms with Gasteiger partial charge in [-0.15, -0.1) is 0 Å². The van der Waals surface area contributed by atoms with Crippen LogP contribution in [0.5, 0.6) is 0 Å². The first kappa shape index (κ1) is 20.5. The molecule has 148 valence electrons. The van der Waals surface area contributed by atoms with Gasteiger partial charge in [0.2, 0.25) is 5.91 Å². The van der Waals surface area contributed by atoms with Gasteiger partial charge in [-0.2, -0.15) is 0 Å². The molecule has 0 aromatic heterocycles. The Kier molecular flexibility index (Phi) is 6.59. The fourth-order valence-corrected chi connectivity index (χ4v) is 2.34. The number of anilines is 1. The molecule has 2 rings (SSSR count). The number of nitrogens with one attached hydrogen (secondary N) is 3. The lowest BCUT2D eigenvalue weighted by atomic mass is 10.1. The molecule has 1 heterocycles. The Bertz CT molecular complexity index is 694. The number of rotatable bonds is 4. The van der Waals surface area contributed by atoms with E-state index in [4.69, 9.17) is 4.74 Å². The summed E-state index contributed by atoms with van der Waals surface area (Å²) in [6.45, 7) is 6.46. The van der Waals surface area contributed by atoms with Crippen molar-refractivity contribution in [2.24, 2.45) is 4.99 Å². The van der Waals surface area contributed by atoms with E-state index in [1.165, 1.54) is 24.3 Å². The van der Waals surface area contributed by atoms with Gasteiger partial charge in [-0.25, -0.2) is 9.18 Å². The number of likely N-dealkylation sites (tertiary alicyclic amines) is 1. The Morgan fingerprint density at radius 1 is 1.26 bits per heavy atom. The highest BCUT2D eigenvalue weighted by Gasteiger charge is 2.34. The van der Waals surface area contributed by atoms with Crippen LogP contribution in [0.3, 0.4) is 0 Å². The number of benzene rings is 1. The van der Waals surface area contributed by atoms with E-state index in [1.807, 2.05) is 20.8 Å². The lowest BCUT2D eigenvalue weighted by Gasteiger charge is -2.40. The number of hydrogen-bond acceptors (Lipinski definition) is 4. The van der Waals surface area contributed by atoms with E-state index in [-0.39, 0.29) is 30.4 Å². The second-order valence-electron chi connectivity index (χ2n) is 7.21. The average molecular weight is 379 g/mol. The van der Waals surface area contributed by atoms with Crippen LogP contribution in [0.25, 0.3) is 0 Å². The van der Waals surface area contributed by atoms with Crippen LogP contribution in [-0.4, -0.2) is 61.2 Å². The zero-order valence-corrected chi connectivity index (χ0v) is 16.0. The highest BCUT2D eigenvalue weighted by molar-refractivity contribution is 5.95. The monoisotopic (exact) mass is 379 g/mol. The van der Waals surface area contributed by atoms with Gasteiger partial charge >= 0.3 is 6.09 Å². The molecule has 0 aliphatic carbocycles. The number of halogens is 1. The summed E-state index contributed by atoms with van der Waals surface area (Å²) in [6, 6.07) is 5.55. The summed E-state index contributed by atoms with van der Waals surface area (Å²) in [6.07, 6.45) is -0.345. The molecule has 1 aliphatic rings. The van der Waals surface area contributed by atoms with Crippen LogP contribution >= 0.6 is 0 Å². The summed E-state index contributed by atoms with van der Waals surface area (Å²) in [5, 5.41) is 8.69. The third-order valence-electron chi connectivity index (χ3n) is 3.64. The molecule has 1 aliphatic heterocycles. The van der Waals surface area contributed by atoms with Crippen molar-refractivity contribution in [2.75, 3.05) is 32.0 Å². The molecule has 0 saturated carbocycles. The molecule has 27 heavy (non-hydrogen) atoms. The first-order valence-electron chi connectivity index (χ1n) is 8.67. The lowest BCUT2D eigenvalue weighted by molar-refractivity contribution is -0.115. The molecule has 1 aromatic rings. The second-order valence-corrected chi connectivity index (χ2v) is 7.21. The topological polar surface area (TPSA) is 95.1 Å². The van der Waals surface area contributed by atoms with Crippen LogP contribution in [0.15, 0.2) is 29.3 Å². The molecule has 0 unspecified atom stereocenters. The molecule has 1 aromatic carbocycles. The van der Waals surface area contributed by atoms with Crippen LogP contribution in [0.1, 0.15) is 20.8 Å². The van der Waals surface area contributed by atoms with Gasteiger partial charge in [-0.3, -0.25) is 9.79 Å². The van der Waals surface area contributed by atoms with E-state index in [1.54, 1.807) is 11.9 Å². The van der Waals surface area contributed by atoms with Crippen LogP contribution in [-0.2, 0) is 9.53 Å². The van der Waals surface area contributed by atoms with Gasteiger partial charge in [0.25, 0.3) is 0 Å². The van der Waals surface area contributed by atoms with Crippen molar-refractivity contribution in [3.05, 3.63) is 30.1 Å². The summed E-state index contributed by atoms with van der Waals surface area (Å²) in [5.41, 5.74) is -0.0106.